The molecule has 170 valence electrons. The largest absolute Gasteiger partial charge is 0.484 e. The van der Waals surface area contributed by atoms with Crippen LogP contribution in [0.3, 0.4) is 0 Å². The summed E-state index contributed by atoms with van der Waals surface area (Å²) in [6, 6.07) is 16.3. The van der Waals surface area contributed by atoms with Gasteiger partial charge in [-0.1, -0.05) is 38.1 Å². The summed E-state index contributed by atoms with van der Waals surface area (Å²) < 4.78 is 11.3. The fraction of sp³-hybridized carbons (Fsp3) is 0.462. The van der Waals surface area contributed by atoms with Crippen LogP contribution < -0.4 is 9.47 Å². The summed E-state index contributed by atoms with van der Waals surface area (Å²) in [6.07, 6.45) is 2.05. The molecule has 2 atom stereocenters. The minimum absolute atomic E-state index is 0.0494. The van der Waals surface area contributed by atoms with Crippen LogP contribution in [0.25, 0.3) is 0 Å². The first-order chi connectivity index (χ1) is 15.6. The number of carbonyl (C=O) groups is 2. The van der Waals surface area contributed by atoms with Crippen molar-refractivity contribution in [2.45, 2.75) is 38.5 Å². The van der Waals surface area contributed by atoms with E-state index in [1.807, 2.05) is 24.3 Å². The van der Waals surface area contributed by atoms with E-state index in [0.29, 0.717) is 11.8 Å². The second-order valence-electron chi connectivity index (χ2n) is 8.51. The third-order valence-electron chi connectivity index (χ3n) is 6.31. The van der Waals surface area contributed by atoms with Crippen molar-refractivity contribution in [1.29, 1.82) is 0 Å². The van der Waals surface area contributed by atoms with Gasteiger partial charge < -0.3 is 19.3 Å². The molecule has 2 aliphatic heterocycles. The molecule has 32 heavy (non-hydrogen) atoms. The number of ether oxygens (including phenoxy) is 2. The summed E-state index contributed by atoms with van der Waals surface area (Å²) in [5.74, 6) is 2.31. The maximum absolute atomic E-state index is 11.8. The minimum Gasteiger partial charge on any atom is -0.484 e. The smallest absolute Gasteiger partial charge is 0.260 e. The molecule has 0 saturated carbocycles. The molecular formula is C26H32N2O4. The Labute approximate surface area is 190 Å². The quantitative estimate of drug-likeness (QED) is 0.503. The summed E-state index contributed by atoms with van der Waals surface area (Å²) >= 11 is 0. The van der Waals surface area contributed by atoms with E-state index in [9.17, 15) is 9.59 Å². The lowest BCUT2D eigenvalue weighted by Gasteiger charge is -2.26. The maximum atomic E-state index is 11.8. The van der Waals surface area contributed by atoms with Gasteiger partial charge in [0.2, 0.25) is 0 Å². The highest BCUT2D eigenvalue weighted by Gasteiger charge is 2.25. The van der Waals surface area contributed by atoms with Gasteiger partial charge in [-0.05, 0) is 60.1 Å². The molecule has 6 nitrogen and oxygen atoms in total. The number of nitrogens with zero attached hydrogens (tertiary/aromatic N) is 2. The molecule has 0 spiro atoms. The molecule has 0 aliphatic carbocycles. The van der Waals surface area contributed by atoms with Crippen LogP contribution in [0, 0.1) is 0 Å². The van der Waals surface area contributed by atoms with Crippen LogP contribution in [-0.4, -0.2) is 61.0 Å². The van der Waals surface area contributed by atoms with Crippen molar-refractivity contribution in [3.05, 3.63) is 59.7 Å². The second-order valence-corrected chi connectivity index (χ2v) is 8.51. The lowest BCUT2D eigenvalue weighted by molar-refractivity contribution is -0.128. The van der Waals surface area contributed by atoms with Crippen molar-refractivity contribution in [2.24, 2.45) is 0 Å². The minimum atomic E-state index is 0.0494. The Morgan fingerprint density at radius 3 is 1.31 bits per heavy atom. The summed E-state index contributed by atoms with van der Waals surface area (Å²) in [7, 11) is 0. The lowest BCUT2D eigenvalue weighted by atomic mass is 9.78. The van der Waals surface area contributed by atoms with E-state index in [2.05, 4.69) is 38.1 Å². The topological polar surface area (TPSA) is 58.6 Å². The molecule has 2 aromatic rings. The van der Waals surface area contributed by atoms with Crippen molar-refractivity contribution >= 4 is 11.8 Å². The van der Waals surface area contributed by atoms with Crippen LogP contribution >= 0.6 is 0 Å². The zero-order valence-corrected chi connectivity index (χ0v) is 19.0. The SMILES string of the molecule is CC[C@H](c1ccc(OCC(=O)N2CC2)cc1)[C@@H](CC)c1ccc(OCC(=O)N2CC2)cc1. The van der Waals surface area contributed by atoms with Crippen molar-refractivity contribution in [3.8, 4) is 11.5 Å². The maximum Gasteiger partial charge on any atom is 0.260 e. The number of hydrogen-bond acceptors (Lipinski definition) is 4. The van der Waals surface area contributed by atoms with Gasteiger partial charge in [-0.2, -0.15) is 0 Å². The fourth-order valence-corrected chi connectivity index (χ4v) is 4.20. The molecule has 2 amide bonds. The van der Waals surface area contributed by atoms with Crippen molar-refractivity contribution < 1.29 is 19.1 Å². The molecule has 0 N–H and O–H groups in total. The van der Waals surface area contributed by atoms with Crippen LogP contribution in [0.5, 0.6) is 11.5 Å². The fourth-order valence-electron chi connectivity index (χ4n) is 4.20. The van der Waals surface area contributed by atoms with Crippen LogP contribution in [0.2, 0.25) is 0 Å². The molecule has 4 rings (SSSR count). The van der Waals surface area contributed by atoms with Crippen LogP contribution in [0.4, 0.5) is 0 Å². The Hall–Kier alpha value is -3.02. The van der Waals surface area contributed by atoms with E-state index in [4.69, 9.17) is 9.47 Å². The first kappa shape index (κ1) is 22.2. The molecule has 0 radical (unpaired) electrons. The third kappa shape index (κ3) is 5.61. The zero-order chi connectivity index (χ0) is 22.5. The van der Waals surface area contributed by atoms with Gasteiger partial charge >= 0.3 is 0 Å². The number of hydrogen-bond donors (Lipinski definition) is 0. The average molecular weight is 437 g/mol. The van der Waals surface area contributed by atoms with Gasteiger partial charge in [0.15, 0.2) is 13.2 Å². The number of rotatable bonds is 11. The molecular weight excluding hydrogens is 404 g/mol. The second kappa shape index (κ2) is 10.1. The molecule has 2 heterocycles. The van der Waals surface area contributed by atoms with Crippen LogP contribution in [-0.2, 0) is 9.59 Å². The van der Waals surface area contributed by atoms with Gasteiger partial charge in [-0.3, -0.25) is 9.59 Å². The average Bonchev–Trinajstić information content (AvgIpc) is 3.73. The predicted octanol–water partition coefficient (Wildman–Crippen LogP) is 3.82. The van der Waals surface area contributed by atoms with Crippen molar-refractivity contribution in [3.63, 3.8) is 0 Å². The van der Waals surface area contributed by atoms with Crippen molar-refractivity contribution in [1.82, 2.24) is 9.80 Å². The standard InChI is InChI=1S/C26H32N2O4/c1-3-23(19-5-9-21(10-6-19)31-17-25(29)27-13-14-27)24(4-2)20-7-11-22(12-8-20)32-18-26(30)28-15-16-28/h5-12,23-24H,3-4,13-18H2,1-2H3/t23-,24+. The highest BCUT2D eigenvalue weighted by molar-refractivity contribution is 5.80. The Morgan fingerprint density at radius 2 is 1.03 bits per heavy atom. The van der Waals surface area contributed by atoms with Gasteiger partial charge in [-0.15, -0.1) is 0 Å². The zero-order valence-electron chi connectivity index (χ0n) is 19.0. The van der Waals surface area contributed by atoms with E-state index in [1.54, 1.807) is 9.80 Å². The highest BCUT2D eigenvalue weighted by atomic mass is 16.5. The van der Waals surface area contributed by atoms with Gasteiger partial charge in [-0.25, -0.2) is 0 Å². The summed E-state index contributed by atoms with van der Waals surface area (Å²) in [6.45, 7) is 8.04. The number of amides is 2. The molecule has 0 aromatic heterocycles. The first-order valence-electron chi connectivity index (χ1n) is 11.6. The Kier molecular flexibility index (Phi) is 6.98. The highest BCUT2D eigenvalue weighted by Crippen LogP contribution is 2.39. The van der Waals surface area contributed by atoms with E-state index in [-0.39, 0.29) is 25.0 Å². The van der Waals surface area contributed by atoms with Gasteiger partial charge in [0, 0.05) is 26.2 Å². The van der Waals surface area contributed by atoms with Crippen molar-refractivity contribution in [2.75, 3.05) is 39.4 Å². The predicted molar refractivity (Wildman–Crippen MR) is 123 cm³/mol. The van der Waals surface area contributed by atoms with Gasteiger partial charge in [0.25, 0.3) is 11.8 Å². The first-order valence-corrected chi connectivity index (χ1v) is 11.6. The number of benzene rings is 2. The summed E-state index contributed by atoms with van der Waals surface area (Å²) in [5, 5.41) is 0. The Bertz CT molecular complexity index is 840. The van der Waals surface area contributed by atoms with Crippen LogP contribution in [0.1, 0.15) is 49.7 Å². The van der Waals surface area contributed by atoms with E-state index >= 15 is 0 Å². The van der Waals surface area contributed by atoms with E-state index in [0.717, 1.165) is 50.5 Å². The van der Waals surface area contributed by atoms with Gasteiger partial charge in [0.1, 0.15) is 11.5 Å². The van der Waals surface area contributed by atoms with E-state index in [1.165, 1.54) is 11.1 Å². The monoisotopic (exact) mass is 436 g/mol. The third-order valence-corrected chi connectivity index (χ3v) is 6.31. The normalized spacial score (nSPS) is 16.3. The molecule has 2 aliphatic rings. The number of carbonyl (C=O) groups excluding carboxylic acids is 2. The van der Waals surface area contributed by atoms with Gasteiger partial charge in [0.05, 0.1) is 0 Å². The van der Waals surface area contributed by atoms with E-state index < -0.39 is 0 Å². The lowest BCUT2D eigenvalue weighted by Crippen LogP contribution is -2.19. The molecule has 6 heteroatoms. The Balaban J connectivity index is 1.37. The molecule has 2 fully saturated rings. The molecule has 2 saturated heterocycles. The Morgan fingerprint density at radius 1 is 0.688 bits per heavy atom. The molecule has 0 bridgehead atoms. The summed E-state index contributed by atoms with van der Waals surface area (Å²) in [5.41, 5.74) is 2.54. The molecule has 0 unspecified atom stereocenters. The van der Waals surface area contributed by atoms with Crippen LogP contribution in [0.15, 0.2) is 48.5 Å². The molecule has 2 aromatic carbocycles. The summed E-state index contributed by atoms with van der Waals surface area (Å²) in [4.78, 5) is 27.1.